The van der Waals surface area contributed by atoms with Crippen molar-refractivity contribution in [2.24, 2.45) is 0 Å². The van der Waals surface area contributed by atoms with Gasteiger partial charge in [0.05, 0.1) is 18.2 Å². The quantitative estimate of drug-likeness (QED) is 0.791. The Morgan fingerprint density at radius 2 is 1.90 bits per heavy atom. The molecule has 2 amide bonds. The first-order chi connectivity index (χ1) is 9.54. The lowest BCUT2D eigenvalue weighted by molar-refractivity contribution is 0.162. The smallest absolute Gasteiger partial charge is 0.315 e. The first-order valence-corrected chi connectivity index (χ1v) is 7.31. The summed E-state index contributed by atoms with van der Waals surface area (Å²) in [5.41, 5.74) is 1.86. The number of urea groups is 1. The third-order valence-electron chi connectivity index (χ3n) is 4.17. The average Bonchev–Trinajstić information content (AvgIpc) is 2.88. The van der Waals surface area contributed by atoms with Gasteiger partial charge in [-0.25, -0.2) is 4.79 Å². The Morgan fingerprint density at radius 3 is 2.45 bits per heavy atom. The van der Waals surface area contributed by atoms with E-state index in [2.05, 4.69) is 10.6 Å². The second-order valence-corrected chi connectivity index (χ2v) is 5.88. The van der Waals surface area contributed by atoms with Crippen molar-refractivity contribution >= 4 is 6.03 Å². The Morgan fingerprint density at radius 1 is 1.30 bits per heavy atom. The maximum atomic E-state index is 12.1. The van der Waals surface area contributed by atoms with Crippen LogP contribution in [0.3, 0.4) is 0 Å². The lowest BCUT2D eigenvalue weighted by Crippen LogP contribution is -2.53. The molecule has 1 aromatic rings. The van der Waals surface area contributed by atoms with Gasteiger partial charge in [-0.2, -0.15) is 0 Å². The number of aryl methyl sites for hydroxylation is 1. The van der Waals surface area contributed by atoms with E-state index in [0.717, 1.165) is 31.2 Å². The van der Waals surface area contributed by atoms with Crippen molar-refractivity contribution in [3.63, 3.8) is 0 Å². The lowest BCUT2D eigenvalue weighted by atomic mass is 9.99. The highest BCUT2D eigenvalue weighted by Gasteiger charge is 2.34. The van der Waals surface area contributed by atoms with E-state index in [1.807, 2.05) is 38.1 Å². The van der Waals surface area contributed by atoms with Gasteiger partial charge in [-0.15, -0.1) is 0 Å². The van der Waals surface area contributed by atoms with Crippen LogP contribution in [-0.4, -0.2) is 23.3 Å². The predicted octanol–water partition coefficient (Wildman–Crippen LogP) is 2.66. The largest absolute Gasteiger partial charge is 0.394 e. The fourth-order valence-electron chi connectivity index (χ4n) is 2.79. The molecule has 0 bridgehead atoms. The molecule has 110 valence electrons. The number of rotatable bonds is 4. The second kappa shape index (κ2) is 6.27. The van der Waals surface area contributed by atoms with E-state index in [1.54, 1.807) is 0 Å². The van der Waals surface area contributed by atoms with Gasteiger partial charge >= 0.3 is 6.03 Å². The number of carbonyl (C=O) groups is 1. The summed E-state index contributed by atoms with van der Waals surface area (Å²) < 4.78 is 0. The summed E-state index contributed by atoms with van der Waals surface area (Å²) in [5.74, 6) is 0. The molecule has 0 heterocycles. The van der Waals surface area contributed by atoms with E-state index >= 15 is 0 Å². The lowest BCUT2D eigenvalue weighted by Gasteiger charge is -2.29. The SMILES string of the molecule is Cc1ccc(C(C)NC(=O)NC2(CO)CCCC2)cc1. The number of nitrogens with one attached hydrogen (secondary N) is 2. The Labute approximate surface area is 120 Å². The molecule has 0 aromatic heterocycles. The van der Waals surface area contributed by atoms with Crippen molar-refractivity contribution in [2.45, 2.75) is 51.1 Å². The van der Waals surface area contributed by atoms with Crippen LogP contribution in [0.5, 0.6) is 0 Å². The molecule has 4 nitrogen and oxygen atoms in total. The molecule has 1 fully saturated rings. The average molecular weight is 276 g/mol. The van der Waals surface area contributed by atoms with Gasteiger partial charge in [-0.3, -0.25) is 0 Å². The molecular weight excluding hydrogens is 252 g/mol. The molecule has 1 atom stereocenters. The third-order valence-corrected chi connectivity index (χ3v) is 4.17. The fourth-order valence-corrected chi connectivity index (χ4v) is 2.79. The van der Waals surface area contributed by atoms with Crippen LogP contribution in [0, 0.1) is 6.92 Å². The van der Waals surface area contributed by atoms with Gasteiger partial charge in [0.25, 0.3) is 0 Å². The van der Waals surface area contributed by atoms with Gasteiger partial charge in [0.15, 0.2) is 0 Å². The molecule has 1 saturated carbocycles. The number of hydrogen-bond donors (Lipinski definition) is 3. The standard InChI is InChI=1S/C16H24N2O2/c1-12-5-7-14(8-6-12)13(2)17-15(20)18-16(11-19)9-3-4-10-16/h5-8,13,19H,3-4,9-11H2,1-2H3,(H2,17,18,20). The maximum absolute atomic E-state index is 12.1. The summed E-state index contributed by atoms with van der Waals surface area (Å²) in [6.07, 6.45) is 3.84. The molecule has 0 saturated heterocycles. The highest BCUT2D eigenvalue weighted by Crippen LogP contribution is 2.29. The molecule has 20 heavy (non-hydrogen) atoms. The van der Waals surface area contributed by atoms with Crippen LogP contribution < -0.4 is 10.6 Å². The topological polar surface area (TPSA) is 61.4 Å². The summed E-state index contributed by atoms with van der Waals surface area (Å²) in [5, 5.41) is 15.4. The zero-order valence-corrected chi connectivity index (χ0v) is 12.3. The number of benzene rings is 1. The van der Waals surface area contributed by atoms with Crippen molar-refractivity contribution < 1.29 is 9.90 Å². The van der Waals surface area contributed by atoms with Crippen LogP contribution in [0.4, 0.5) is 4.79 Å². The molecule has 1 aliphatic rings. The Kier molecular flexibility index (Phi) is 4.65. The van der Waals surface area contributed by atoms with Crippen LogP contribution in [0.15, 0.2) is 24.3 Å². The monoisotopic (exact) mass is 276 g/mol. The van der Waals surface area contributed by atoms with Crippen LogP contribution >= 0.6 is 0 Å². The summed E-state index contributed by atoms with van der Waals surface area (Å²) in [6, 6.07) is 7.88. The fraction of sp³-hybridized carbons (Fsp3) is 0.562. The van der Waals surface area contributed by atoms with E-state index < -0.39 is 5.54 Å². The Balaban J connectivity index is 1.92. The van der Waals surface area contributed by atoms with Crippen LogP contribution in [-0.2, 0) is 0 Å². The summed E-state index contributed by atoms with van der Waals surface area (Å²) in [4.78, 5) is 12.1. The molecule has 2 rings (SSSR count). The van der Waals surface area contributed by atoms with E-state index in [9.17, 15) is 9.90 Å². The summed E-state index contributed by atoms with van der Waals surface area (Å²) in [7, 11) is 0. The molecule has 0 aliphatic heterocycles. The van der Waals surface area contributed by atoms with Crippen LogP contribution in [0.2, 0.25) is 0 Å². The molecule has 1 unspecified atom stereocenters. The van der Waals surface area contributed by atoms with E-state index in [4.69, 9.17) is 0 Å². The molecule has 0 spiro atoms. The highest BCUT2D eigenvalue weighted by molar-refractivity contribution is 5.75. The Bertz CT molecular complexity index is 450. The zero-order chi connectivity index (χ0) is 14.6. The first kappa shape index (κ1) is 14.9. The van der Waals surface area contributed by atoms with E-state index in [1.165, 1.54) is 5.56 Å². The minimum absolute atomic E-state index is 0.0132. The minimum atomic E-state index is -0.420. The van der Waals surface area contributed by atoms with Crippen LogP contribution in [0.1, 0.15) is 49.8 Å². The molecular formula is C16H24N2O2. The maximum Gasteiger partial charge on any atom is 0.315 e. The molecule has 1 aliphatic carbocycles. The van der Waals surface area contributed by atoms with Crippen molar-refractivity contribution in [1.29, 1.82) is 0 Å². The van der Waals surface area contributed by atoms with Gasteiger partial charge in [-0.1, -0.05) is 42.7 Å². The normalized spacial score (nSPS) is 18.6. The molecule has 0 radical (unpaired) electrons. The van der Waals surface area contributed by atoms with Gasteiger partial charge in [0, 0.05) is 0 Å². The van der Waals surface area contributed by atoms with Crippen molar-refractivity contribution in [1.82, 2.24) is 10.6 Å². The Hall–Kier alpha value is -1.55. The van der Waals surface area contributed by atoms with Gasteiger partial charge < -0.3 is 15.7 Å². The molecule has 4 heteroatoms. The van der Waals surface area contributed by atoms with Crippen molar-refractivity contribution in [2.75, 3.05) is 6.61 Å². The predicted molar refractivity (Wildman–Crippen MR) is 79.5 cm³/mol. The van der Waals surface area contributed by atoms with E-state index in [-0.39, 0.29) is 18.7 Å². The van der Waals surface area contributed by atoms with Crippen molar-refractivity contribution in [3.8, 4) is 0 Å². The molecule has 3 N–H and O–H groups in total. The summed E-state index contributed by atoms with van der Waals surface area (Å²) >= 11 is 0. The number of aliphatic hydroxyl groups excluding tert-OH is 1. The number of aliphatic hydroxyl groups is 1. The molecule has 1 aromatic carbocycles. The number of hydrogen-bond acceptors (Lipinski definition) is 2. The summed E-state index contributed by atoms with van der Waals surface area (Å²) in [6.45, 7) is 4.02. The minimum Gasteiger partial charge on any atom is -0.394 e. The van der Waals surface area contributed by atoms with Gasteiger partial charge in [0.2, 0.25) is 0 Å². The van der Waals surface area contributed by atoms with E-state index in [0.29, 0.717) is 0 Å². The highest BCUT2D eigenvalue weighted by atomic mass is 16.3. The van der Waals surface area contributed by atoms with Crippen LogP contribution in [0.25, 0.3) is 0 Å². The zero-order valence-electron chi connectivity index (χ0n) is 12.3. The second-order valence-electron chi connectivity index (χ2n) is 5.88. The number of carbonyl (C=O) groups excluding carboxylic acids is 1. The van der Waals surface area contributed by atoms with Crippen molar-refractivity contribution in [3.05, 3.63) is 35.4 Å². The number of amides is 2. The van der Waals surface area contributed by atoms with Gasteiger partial charge in [0.1, 0.15) is 0 Å². The third kappa shape index (κ3) is 3.51. The first-order valence-electron chi connectivity index (χ1n) is 7.31. The van der Waals surface area contributed by atoms with Gasteiger partial charge in [-0.05, 0) is 32.3 Å².